The van der Waals surface area contributed by atoms with Gasteiger partial charge in [-0.15, -0.1) is 0 Å². The van der Waals surface area contributed by atoms with Crippen molar-refractivity contribution in [1.82, 2.24) is 10.6 Å². The first kappa shape index (κ1) is 20.1. The van der Waals surface area contributed by atoms with E-state index >= 15 is 0 Å². The van der Waals surface area contributed by atoms with Gasteiger partial charge in [-0.05, 0) is 35.7 Å². The Hall–Kier alpha value is -2.61. The van der Waals surface area contributed by atoms with Crippen molar-refractivity contribution >= 4 is 15.8 Å². The lowest BCUT2D eigenvalue weighted by atomic mass is 10.1. The van der Waals surface area contributed by atoms with Crippen LogP contribution in [0.5, 0.6) is 5.75 Å². The first-order valence-electron chi connectivity index (χ1n) is 9.16. The van der Waals surface area contributed by atoms with E-state index in [1.54, 1.807) is 7.05 Å². The zero-order valence-corrected chi connectivity index (χ0v) is 16.6. The number of hydrogen-bond donors (Lipinski definition) is 2. The van der Waals surface area contributed by atoms with E-state index in [9.17, 15) is 12.8 Å². The molecule has 0 fully saturated rings. The smallest absolute Gasteiger partial charge is 0.191 e. The third-order valence-corrected chi connectivity index (χ3v) is 6.26. The molecule has 2 N–H and O–H groups in total. The van der Waals surface area contributed by atoms with E-state index in [0.717, 1.165) is 31.3 Å². The second-order valence-corrected chi connectivity index (χ2v) is 8.54. The van der Waals surface area contributed by atoms with E-state index in [1.807, 2.05) is 12.1 Å². The number of benzene rings is 2. The molecule has 0 atom stereocenters. The van der Waals surface area contributed by atoms with Crippen LogP contribution in [0.2, 0.25) is 0 Å². The molecular weight excluding hydrogens is 381 g/mol. The SMILES string of the molecule is CN=C(NCCc1ccc2c(c1)CCO2)NCCS(=O)(=O)c1ccccc1F. The number of nitrogens with one attached hydrogen (secondary N) is 2. The van der Waals surface area contributed by atoms with Crippen molar-refractivity contribution in [1.29, 1.82) is 0 Å². The van der Waals surface area contributed by atoms with Crippen LogP contribution in [0.15, 0.2) is 52.4 Å². The number of hydrogen-bond acceptors (Lipinski definition) is 4. The highest BCUT2D eigenvalue weighted by Gasteiger charge is 2.18. The summed E-state index contributed by atoms with van der Waals surface area (Å²) < 4.78 is 43.7. The van der Waals surface area contributed by atoms with Crippen LogP contribution < -0.4 is 15.4 Å². The predicted octanol–water partition coefficient (Wildman–Crippen LogP) is 1.94. The number of fused-ring (bicyclic) bond motifs is 1. The number of guanidine groups is 1. The van der Waals surface area contributed by atoms with Gasteiger partial charge < -0.3 is 15.4 Å². The number of nitrogens with zero attached hydrogens (tertiary/aromatic N) is 1. The fourth-order valence-electron chi connectivity index (χ4n) is 3.05. The zero-order valence-electron chi connectivity index (χ0n) is 15.7. The lowest BCUT2D eigenvalue weighted by Crippen LogP contribution is -2.40. The van der Waals surface area contributed by atoms with Crippen LogP contribution >= 0.6 is 0 Å². The molecule has 0 unspecified atom stereocenters. The second kappa shape index (κ2) is 9.05. The van der Waals surface area contributed by atoms with Gasteiger partial charge in [0.05, 0.1) is 12.4 Å². The molecule has 1 heterocycles. The molecule has 3 rings (SSSR count). The van der Waals surface area contributed by atoms with Gasteiger partial charge in [0, 0.05) is 26.6 Å². The Bertz CT molecular complexity index is 961. The minimum Gasteiger partial charge on any atom is -0.493 e. The average Bonchev–Trinajstić information content (AvgIpc) is 3.14. The number of halogens is 1. The van der Waals surface area contributed by atoms with Crippen LogP contribution in [-0.2, 0) is 22.7 Å². The van der Waals surface area contributed by atoms with Crippen LogP contribution in [0.4, 0.5) is 4.39 Å². The van der Waals surface area contributed by atoms with Gasteiger partial charge in [-0.3, -0.25) is 4.99 Å². The van der Waals surface area contributed by atoms with E-state index in [0.29, 0.717) is 12.5 Å². The monoisotopic (exact) mass is 405 g/mol. The Morgan fingerprint density at radius 1 is 1.18 bits per heavy atom. The number of ether oxygens (including phenoxy) is 1. The van der Waals surface area contributed by atoms with Crippen molar-refractivity contribution in [3.8, 4) is 5.75 Å². The fraction of sp³-hybridized carbons (Fsp3) is 0.350. The molecule has 0 amide bonds. The quantitative estimate of drug-likeness (QED) is 0.544. The van der Waals surface area contributed by atoms with Crippen LogP contribution in [-0.4, -0.2) is 46.9 Å². The van der Waals surface area contributed by atoms with Crippen molar-refractivity contribution in [2.75, 3.05) is 32.5 Å². The molecule has 2 aromatic carbocycles. The summed E-state index contributed by atoms with van der Waals surface area (Å²) in [5, 5.41) is 6.12. The number of sulfone groups is 1. The summed E-state index contributed by atoms with van der Waals surface area (Å²) in [6, 6.07) is 11.6. The van der Waals surface area contributed by atoms with Gasteiger partial charge in [0.15, 0.2) is 15.8 Å². The van der Waals surface area contributed by atoms with Crippen LogP contribution in [0, 0.1) is 5.82 Å². The Balaban J connectivity index is 1.45. The van der Waals surface area contributed by atoms with Gasteiger partial charge in [-0.25, -0.2) is 12.8 Å². The van der Waals surface area contributed by atoms with E-state index < -0.39 is 15.7 Å². The third kappa shape index (κ3) is 5.01. The first-order valence-corrected chi connectivity index (χ1v) is 10.8. The molecule has 8 heteroatoms. The molecule has 28 heavy (non-hydrogen) atoms. The van der Waals surface area contributed by atoms with Gasteiger partial charge in [0.1, 0.15) is 16.5 Å². The maximum absolute atomic E-state index is 13.7. The molecular formula is C20H24FN3O3S. The van der Waals surface area contributed by atoms with E-state index in [-0.39, 0.29) is 17.2 Å². The second-order valence-electron chi connectivity index (χ2n) is 6.47. The fourth-order valence-corrected chi connectivity index (χ4v) is 4.29. The molecule has 6 nitrogen and oxygen atoms in total. The Kier molecular flexibility index (Phi) is 6.51. The topological polar surface area (TPSA) is 79.8 Å². The largest absolute Gasteiger partial charge is 0.493 e. The van der Waals surface area contributed by atoms with E-state index in [2.05, 4.69) is 21.7 Å². The summed E-state index contributed by atoms with van der Waals surface area (Å²) in [5.74, 6) is 0.516. The van der Waals surface area contributed by atoms with Crippen molar-refractivity contribution in [3.63, 3.8) is 0 Å². The van der Waals surface area contributed by atoms with E-state index in [1.165, 1.54) is 29.3 Å². The minimum atomic E-state index is -3.70. The number of aliphatic imine (C=N–C) groups is 1. The van der Waals surface area contributed by atoms with Gasteiger partial charge in [0.25, 0.3) is 0 Å². The van der Waals surface area contributed by atoms with Crippen LogP contribution in [0.3, 0.4) is 0 Å². The van der Waals surface area contributed by atoms with Crippen molar-refractivity contribution < 1.29 is 17.5 Å². The molecule has 0 saturated heterocycles. The highest BCUT2D eigenvalue weighted by molar-refractivity contribution is 7.91. The lowest BCUT2D eigenvalue weighted by molar-refractivity contribution is 0.357. The first-order chi connectivity index (χ1) is 13.5. The van der Waals surface area contributed by atoms with Gasteiger partial charge in [-0.2, -0.15) is 0 Å². The van der Waals surface area contributed by atoms with Crippen LogP contribution in [0.1, 0.15) is 11.1 Å². The maximum Gasteiger partial charge on any atom is 0.191 e. The molecule has 2 aromatic rings. The Morgan fingerprint density at radius 3 is 2.75 bits per heavy atom. The minimum absolute atomic E-state index is 0.131. The van der Waals surface area contributed by atoms with Gasteiger partial charge in [-0.1, -0.05) is 24.3 Å². The van der Waals surface area contributed by atoms with E-state index in [4.69, 9.17) is 4.74 Å². The number of rotatable bonds is 7. The lowest BCUT2D eigenvalue weighted by Gasteiger charge is -2.12. The Morgan fingerprint density at radius 2 is 1.96 bits per heavy atom. The highest BCUT2D eigenvalue weighted by atomic mass is 32.2. The van der Waals surface area contributed by atoms with Crippen LogP contribution in [0.25, 0.3) is 0 Å². The normalized spacial score (nSPS) is 13.7. The maximum atomic E-state index is 13.7. The summed E-state index contributed by atoms with van der Waals surface area (Å²) >= 11 is 0. The predicted molar refractivity (Wildman–Crippen MR) is 107 cm³/mol. The molecule has 0 radical (unpaired) electrons. The zero-order chi connectivity index (χ0) is 20.0. The third-order valence-electron chi connectivity index (χ3n) is 4.52. The molecule has 0 bridgehead atoms. The summed E-state index contributed by atoms with van der Waals surface area (Å²) in [6.07, 6.45) is 1.75. The Labute approximate surface area is 164 Å². The molecule has 0 aromatic heterocycles. The summed E-state index contributed by atoms with van der Waals surface area (Å²) in [4.78, 5) is 3.82. The highest BCUT2D eigenvalue weighted by Crippen LogP contribution is 2.25. The van der Waals surface area contributed by atoms with Gasteiger partial charge >= 0.3 is 0 Å². The summed E-state index contributed by atoms with van der Waals surface area (Å²) in [6.45, 7) is 1.52. The van der Waals surface area contributed by atoms with Crippen molar-refractivity contribution in [2.45, 2.75) is 17.7 Å². The molecule has 0 saturated carbocycles. The molecule has 150 valence electrons. The molecule has 0 spiro atoms. The van der Waals surface area contributed by atoms with Crippen molar-refractivity contribution in [3.05, 3.63) is 59.4 Å². The average molecular weight is 405 g/mol. The van der Waals surface area contributed by atoms with Crippen molar-refractivity contribution in [2.24, 2.45) is 4.99 Å². The molecule has 0 aliphatic carbocycles. The molecule has 1 aliphatic heterocycles. The summed E-state index contributed by atoms with van der Waals surface area (Å²) in [7, 11) is -2.08. The standard InChI is InChI=1S/C20H24FN3O3S/c1-22-20(23-10-8-15-6-7-18-16(14-15)9-12-27-18)24-11-13-28(25,26)19-5-3-2-4-17(19)21/h2-7,14H,8-13H2,1H3,(H2,22,23,24). The van der Waals surface area contributed by atoms with Gasteiger partial charge in [0.2, 0.25) is 0 Å². The summed E-state index contributed by atoms with van der Waals surface area (Å²) in [5.41, 5.74) is 2.44. The molecule has 1 aliphatic rings.